The van der Waals surface area contributed by atoms with E-state index in [-0.39, 0.29) is 11.8 Å². The van der Waals surface area contributed by atoms with Crippen molar-refractivity contribution in [1.82, 2.24) is 4.90 Å². The number of carbonyl (C=O) groups is 2. The SMILES string of the molecule is CCCCN(CC)C(=O)/C=C/c1ccc(N2CCCC2=O)cc1. The number of rotatable bonds is 7. The molecule has 0 N–H and O–H groups in total. The maximum absolute atomic E-state index is 12.2. The van der Waals surface area contributed by atoms with Gasteiger partial charge in [-0.1, -0.05) is 25.5 Å². The largest absolute Gasteiger partial charge is 0.339 e. The second-order valence-electron chi connectivity index (χ2n) is 5.85. The van der Waals surface area contributed by atoms with Gasteiger partial charge in [-0.15, -0.1) is 0 Å². The fourth-order valence-corrected chi connectivity index (χ4v) is 2.73. The molecule has 0 aliphatic carbocycles. The van der Waals surface area contributed by atoms with Crippen molar-refractivity contribution in [3.8, 4) is 0 Å². The molecule has 2 rings (SSSR count). The summed E-state index contributed by atoms with van der Waals surface area (Å²) >= 11 is 0. The summed E-state index contributed by atoms with van der Waals surface area (Å²) in [5.74, 6) is 0.248. The summed E-state index contributed by atoms with van der Waals surface area (Å²) in [6.45, 7) is 6.48. The summed E-state index contributed by atoms with van der Waals surface area (Å²) < 4.78 is 0. The van der Waals surface area contributed by atoms with Gasteiger partial charge in [-0.25, -0.2) is 0 Å². The second kappa shape index (κ2) is 8.51. The zero-order valence-corrected chi connectivity index (χ0v) is 14.1. The Hall–Kier alpha value is -2.10. The highest BCUT2D eigenvalue weighted by atomic mass is 16.2. The molecule has 1 aliphatic heterocycles. The van der Waals surface area contributed by atoms with E-state index in [0.717, 1.165) is 50.1 Å². The van der Waals surface area contributed by atoms with E-state index in [1.165, 1.54) is 0 Å². The normalized spacial score (nSPS) is 14.7. The van der Waals surface area contributed by atoms with Crippen molar-refractivity contribution in [3.05, 3.63) is 35.9 Å². The minimum absolute atomic E-state index is 0.0553. The summed E-state index contributed by atoms with van der Waals surface area (Å²) in [5.41, 5.74) is 1.91. The smallest absolute Gasteiger partial charge is 0.246 e. The first kappa shape index (κ1) is 17.3. The van der Waals surface area contributed by atoms with Gasteiger partial charge < -0.3 is 9.80 Å². The van der Waals surface area contributed by atoms with Crippen molar-refractivity contribution in [2.45, 2.75) is 39.5 Å². The van der Waals surface area contributed by atoms with E-state index in [0.29, 0.717) is 6.42 Å². The van der Waals surface area contributed by atoms with Gasteiger partial charge in [-0.3, -0.25) is 9.59 Å². The first-order valence-corrected chi connectivity index (χ1v) is 8.53. The van der Waals surface area contributed by atoms with Gasteiger partial charge in [0.2, 0.25) is 11.8 Å². The van der Waals surface area contributed by atoms with Crippen molar-refractivity contribution in [3.63, 3.8) is 0 Å². The monoisotopic (exact) mass is 314 g/mol. The van der Waals surface area contributed by atoms with Crippen LogP contribution in [0.4, 0.5) is 5.69 Å². The number of hydrogen-bond acceptors (Lipinski definition) is 2. The minimum atomic E-state index is 0.0553. The number of hydrogen-bond donors (Lipinski definition) is 0. The van der Waals surface area contributed by atoms with Gasteiger partial charge in [-0.05, 0) is 43.5 Å². The van der Waals surface area contributed by atoms with Crippen LogP contribution in [0.15, 0.2) is 30.3 Å². The first-order chi connectivity index (χ1) is 11.2. The van der Waals surface area contributed by atoms with E-state index in [1.807, 2.05) is 47.1 Å². The lowest BCUT2D eigenvalue weighted by molar-refractivity contribution is -0.125. The highest BCUT2D eigenvalue weighted by Crippen LogP contribution is 2.21. The molecule has 4 nitrogen and oxygen atoms in total. The molecule has 0 radical (unpaired) electrons. The molecule has 4 heteroatoms. The molecular weight excluding hydrogens is 288 g/mol. The summed E-state index contributed by atoms with van der Waals surface area (Å²) in [6.07, 6.45) is 7.16. The van der Waals surface area contributed by atoms with Gasteiger partial charge in [0, 0.05) is 37.8 Å². The lowest BCUT2D eigenvalue weighted by atomic mass is 10.2. The molecule has 0 bridgehead atoms. The molecule has 1 aromatic carbocycles. The van der Waals surface area contributed by atoms with Crippen LogP contribution in [0.3, 0.4) is 0 Å². The molecule has 1 aliphatic rings. The Morgan fingerprint density at radius 1 is 1.26 bits per heavy atom. The quantitative estimate of drug-likeness (QED) is 0.723. The molecular formula is C19H26N2O2. The average molecular weight is 314 g/mol. The van der Waals surface area contributed by atoms with Crippen LogP contribution in [-0.2, 0) is 9.59 Å². The van der Waals surface area contributed by atoms with Crippen molar-refractivity contribution >= 4 is 23.6 Å². The Morgan fingerprint density at radius 3 is 2.57 bits per heavy atom. The zero-order chi connectivity index (χ0) is 16.7. The van der Waals surface area contributed by atoms with E-state index in [4.69, 9.17) is 0 Å². The van der Waals surface area contributed by atoms with Gasteiger partial charge in [0.1, 0.15) is 0 Å². The molecule has 0 spiro atoms. The molecule has 1 saturated heterocycles. The Morgan fingerprint density at radius 2 is 2.00 bits per heavy atom. The van der Waals surface area contributed by atoms with Crippen molar-refractivity contribution in [2.75, 3.05) is 24.5 Å². The van der Waals surface area contributed by atoms with Crippen LogP contribution in [0.2, 0.25) is 0 Å². The van der Waals surface area contributed by atoms with E-state index in [2.05, 4.69) is 6.92 Å². The predicted molar refractivity (Wildman–Crippen MR) is 94.2 cm³/mol. The summed E-state index contributed by atoms with van der Waals surface area (Å²) in [6, 6.07) is 7.80. The van der Waals surface area contributed by atoms with Gasteiger partial charge >= 0.3 is 0 Å². The Labute approximate surface area is 138 Å². The number of benzene rings is 1. The Bertz CT molecular complexity index is 563. The fourth-order valence-electron chi connectivity index (χ4n) is 2.73. The lowest BCUT2D eigenvalue weighted by Crippen LogP contribution is -2.30. The molecule has 2 amide bonds. The highest BCUT2D eigenvalue weighted by Gasteiger charge is 2.21. The molecule has 1 heterocycles. The number of carbonyl (C=O) groups excluding carboxylic acids is 2. The van der Waals surface area contributed by atoms with Crippen LogP contribution in [0.5, 0.6) is 0 Å². The molecule has 0 atom stereocenters. The third-order valence-electron chi connectivity index (χ3n) is 4.17. The van der Waals surface area contributed by atoms with E-state index in [1.54, 1.807) is 6.08 Å². The maximum atomic E-state index is 12.2. The number of unbranched alkanes of at least 4 members (excludes halogenated alkanes) is 1. The molecule has 0 saturated carbocycles. The minimum Gasteiger partial charge on any atom is -0.339 e. The fraction of sp³-hybridized carbons (Fsp3) is 0.474. The number of amides is 2. The molecule has 0 unspecified atom stereocenters. The van der Waals surface area contributed by atoms with Crippen LogP contribution in [0, 0.1) is 0 Å². The van der Waals surface area contributed by atoms with Crippen molar-refractivity contribution < 1.29 is 9.59 Å². The summed E-state index contributed by atoms with van der Waals surface area (Å²) in [4.78, 5) is 27.6. The molecule has 0 aromatic heterocycles. The van der Waals surface area contributed by atoms with Gasteiger partial charge in [0.05, 0.1) is 0 Å². The van der Waals surface area contributed by atoms with Crippen LogP contribution in [0.25, 0.3) is 6.08 Å². The van der Waals surface area contributed by atoms with Crippen LogP contribution in [0.1, 0.15) is 45.1 Å². The number of anilines is 1. The van der Waals surface area contributed by atoms with Crippen molar-refractivity contribution in [2.24, 2.45) is 0 Å². The molecule has 124 valence electrons. The maximum Gasteiger partial charge on any atom is 0.246 e. The predicted octanol–water partition coefficient (Wildman–Crippen LogP) is 3.48. The lowest BCUT2D eigenvalue weighted by Gasteiger charge is -2.18. The van der Waals surface area contributed by atoms with E-state index < -0.39 is 0 Å². The third kappa shape index (κ3) is 4.68. The first-order valence-electron chi connectivity index (χ1n) is 8.53. The number of nitrogens with zero attached hydrogens (tertiary/aromatic N) is 2. The summed E-state index contributed by atoms with van der Waals surface area (Å²) in [7, 11) is 0. The Balaban J connectivity index is 1.96. The molecule has 1 fully saturated rings. The summed E-state index contributed by atoms with van der Waals surface area (Å²) in [5, 5.41) is 0. The van der Waals surface area contributed by atoms with Crippen molar-refractivity contribution in [1.29, 1.82) is 0 Å². The molecule has 23 heavy (non-hydrogen) atoms. The highest BCUT2D eigenvalue weighted by molar-refractivity contribution is 5.95. The van der Waals surface area contributed by atoms with Crippen LogP contribution in [-0.4, -0.2) is 36.3 Å². The molecule has 1 aromatic rings. The van der Waals surface area contributed by atoms with Gasteiger partial charge in [0.15, 0.2) is 0 Å². The topological polar surface area (TPSA) is 40.6 Å². The average Bonchev–Trinajstić information content (AvgIpc) is 3.00. The zero-order valence-electron chi connectivity index (χ0n) is 14.1. The van der Waals surface area contributed by atoms with E-state index >= 15 is 0 Å². The van der Waals surface area contributed by atoms with Gasteiger partial charge in [0.25, 0.3) is 0 Å². The second-order valence-corrected chi connectivity index (χ2v) is 5.85. The van der Waals surface area contributed by atoms with Crippen LogP contribution >= 0.6 is 0 Å². The third-order valence-corrected chi connectivity index (χ3v) is 4.17. The van der Waals surface area contributed by atoms with E-state index in [9.17, 15) is 9.59 Å². The van der Waals surface area contributed by atoms with Gasteiger partial charge in [-0.2, -0.15) is 0 Å². The van der Waals surface area contributed by atoms with Crippen LogP contribution < -0.4 is 4.90 Å². The standard InChI is InChI=1S/C19H26N2O2/c1-3-5-14-20(4-2)18(22)13-10-16-8-11-17(12-9-16)21-15-6-7-19(21)23/h8-13H,3-7,14-15H2,1-2H3/b13-10+. The number of likely N-dealkylation sites (N-methyl/N-ethyl adjacent to an activating group) is 1. The Kier molecular flexibility index (Phi) is 6.39.